The van der Waals surface area contributed by atoms with Gasteiger partial charge in [-0.2, -0.15) is 0 Å². The summed E-state index contributed by atoms with van der Waals surface area (Å²) in [6.45, 7) is -0.159. The maximum atomic E-state index is 11.8. The minimum absolute atomic E-state index is 0.159. The first kappa shape index (κ1) is 15.0. The van der Waals surface area contributed by atoms with Gasteiger partial charge in [0.2, 0.25) is 0 Å². The van der Waals surface area contributed by atoms with Crippen LogP contribution in [0, 0.1) is 0 Å². The summed E-state index contributed by atoms with van der Waals surface area (Å²) < 4.78 is 5.32. The van der Waals surface area contributed by atoms with E-state index in [1.807, 2.05) is 0 Å². The highest BCUT2D eigenvalue weighted by molar-refractivity contribution is 6.35. The zero-order chi connectivity index (χ0) is 14.5. The SMILES string of the molecule is O=C(COc1ccccc1Cl)Nc1cc(Cl)cc(Cl)c1. The maximum Gasteiger partial charge on any atom is 0.262 e. The van der Waals surface area contributed by atoms with Crippen molar-refractivity contribution in [2.24, 2.45) is 0 Å². The predicted molar refractivity (Wildman–Crippen MR) is 82.0 cm³/mol. The van der Waals surface area contributed by atoms with Crippen molar-refractivity contribution in [1.29, 1.82) is 0 Å². The molecule has 6 heteroatoms. The van der Waals surface area contributed by atoms with Gasteiger partial charge in [0.05, 0.1) is 5.02 Å². The van der Waals surface area contributed by atoms with Crippen LogP contribution >= 0.6 is 34.8 Å². The fraction of sp³-hybridized carbons (Fsp3) is 0.0714. The van der Waals surface area contributed by atoms with Gasteiger partial charge in [0.15, 0.2) is 6.61 Å². The van der Waals surface area contributed by atoms with Gasteiger partial charge < -0.3 is 10.1 Å². The number of para-hydroxylation sites is 1. The second-order valence-electron chi connectivity index (χ2n) is 3.93. The molecule has 0 radical (unpaired) electrons. The zero-order valence-electron chi connectivity index (χ0n) is 10.2. The van der Waals surface area contributed by atoms with Crippen LogP contribution in [0.4, 0.5) is 5.69 Å². The number of ether oxygens (including phenoxy) is 1. The third-order valence-corrected chi connectivity index (χ3v) is 3.09. The molecule has 0 aliphatic heterocycles. The molecule has 2 rings (SSSR count). The molecule has 1 amide bonds. The van der Waals surface area contributed by atoms with E-state index in [1.54, 1.807) is 42.5 Å². The molecule has 1 N–H and O–H groups in total. The van der Waals surface area contributed by atoms with Crippen LogP contribution in [0.3, 0.4) is 0 Å². The third kappa shape index (κ3) is 4.30. The van der Waals surface area contributed by atoms with E-state index < -0.39 is 0 Å². The highest BCUT2D eigenvalue weighted by Crippen LogP contribution is 2.24. The molecule has 0 aliphatic carbocycles. The molecular weight excluding hydrogens is 321 g/mol. The molecule has 0 aromatic heterocycles. The van der Waals surface area contributed by atoms with E-state index in [0.29, 0.717) is 26.5 Å². The first-order chi connectivity index (χ1) is 9.54. The third-order valence-electron chi connectivity index (χ3n) is 2.34. The van der Waals surface area contributed by atoms with E-state index in [4.69, 9.17) is 39.5 Å². The molecule has 20 heavy (non-hydrogen) atoms. The Balaban J connectivity index is 1.94. The van der Waals surface area contributed by atoms with E-state index in [0.717, 1.165) is 0 Å². The molecule has 0 spiro atoms. The van der Waals surface area contributed by atoms with Crippen molar-refractivity contribution in [1.82, 2.24) is 0 Å². The second-order valence-corrected chi connectivity index (χ2v) is 5.21. The topological polar surface area (TPSA) is 38.3 Å². The van der Waals surface area contributed by atoms with Crippen LogP contribution in [0.2, 0.25) is 15.1 Å². The molecule has 0 aliphatic rings. The van der Waals surface area contributed by atoms with Crippen molar-refractivity contribution in [3.63, 3.8) is 0 Å². The van der Waals surface area contributed by atoms with Crippen LogP contribution in [0.25, 0.3) is 0 Å². The van der Waals surface area contributed by atoms with E-state index in [2.05, 4.69) is 5.32 Å². The van der Waals surface area contributed by atoms with Crippen LogP contribution in [0.1, 0.15) is 0 Å². The molecule has 0 bridgehead atoms. The Morgan fingerprint density at radius 2 is 1.70 bits per heavy atom. The Labute approximate surface area is 131 Å². The van der Waals surface area contributed by atoms with Gasteiger partial charge in [0.1, 0.15) is 5.75 Å². The number of amides is 1. The van der Waals surface area contributed by atoms with Crippen molar-refractivity contribution in [2.75, 3.05) is 11.9 Å². The van der Waals surface area contributed by atoms with Gasteiger partial charge in [-0.25, -0.2) is 0 Å². The summed E-state index contributed by atoms with van der Waals surface area (Å²) in [6.07, 6.45) is 0. The fourth-order valence-corrected chi connectivity index (χ4v) is 2.24. The lowest BCUT2D eigenvalue weighted by atomic mass is 10.3. The number of carbonyl (C=O) groups excluding carboxylic acids is 1. The Kier molecular flexibility index (Phi) is 5.12. The number of benzene rings is 2. The zero-order valence-corrected chi connectivity index (χ0v) is 12.5. The summed E-state index contributed by atoms with van der Waals surface area (Å²) in [5.41, 5.74) is 0.509. The first-order valence-corrected chi connectivity index (χ1v) is 6.81. The van der Waals surface area contributed by atoms with Crippen molar-refractivity contribution in [2.45, 2.75) is 0 Å². The Hall–Kier alpha value is -1.42. The highest BCUT2D eigenvalue weighted by Gasteiger charge is 2.07. The van der Waals surface area contributed by atoms with Gasteiger partial charge in [-0.05, 0) is 30.3 Å². The molecule has 0 saturated heterocycles. The Morgan fingerprint density at radius 3 is 2.35 bits per heavy atom. The molecule has 0 saturated carbocycles. The van der Waals surface area contributed by atoms with Crippen LogP contribution in [0.15, 0.2) is 42.5 Å². The van der Waals surface area contributed by atoms with Crippen LogP contribution in [0.5, 0.6) is 5.75 Å². The molecule has 0 atom stereocenters. The normalized spacial score (nSPS) is 10.2. The van der Waals surface area contributed by atoms with E-state index in [9.17, 15) is 4.79 Å². The lowest BCUT2D eigenvalue weighted by molar-refractivity contribution is -0.118. The summed E-state index contributed by atoms with van der Waals surface area (Å²) >= 11 is 17.6. The van der Waals surface area contributed by atoms with Gasteiger partial charge in [-0.1, -0.05) is 46.9 Å². The molecule has 0 unspecified atom stereocenters. The lowest BCUT2D eigenvalue weighted by Crippen LogP contribution is -2.20. The van der Waals surface area contributed by atoms with Gasteiger partial charge >= 0.3 is 0 Å². The number of hydrogen-bond acceptors (Lipinski definition) is 2. The van der Waals surface area contributed by atoms with Crippen molar-refractivity contribution >= 4 is 46.4 Å². The first-order valence-electron chi connectivity index (χ1n) is 5.68. The standard InChI is InChI=1S/C14H10Cl3NO2/c15-9-5-10(16)7-11(6-9)18-14(19)8-20-13-4-2-1-3-12(13)17/h1-7H,8H2,(H,18,19). The summed E-state index contributed by atoms with van der Waals surface area (Å²) in [7, 11) is 0. The average molecular weight is 331 g/mol. The number of carbonyl (C=O) groups is 1. The van der Waals surface area contributed by atoms with Crippen molar-refractivity contribution in [3.05, 3.63) is 57.5 Å². The Morgan fingerprint density at radius 1 is 1.05 bits per heavy atom. The van der Waals surface area contributed by atoms with Crippen molar-refractivity contribution < 1.29 is 9.53 Å². The molecule has 3 nitrogen and oxygen atoms in total. The van der Waals surface area contributed by atoms with Crippen LogP contribution in [-0.4, -0.2) is 12.5 Å². The number of anilines is 1. The van der Waals surface area contributed by atoms with Gasteiger partial charge in [-0.15, -0.1) is 0 Å². The second kappa shape index (κ2) is 6.84. The van der Waals surface area contributed by atoms with Crippen LogP contribution < -0.4 is 10.1 Å². The maximum absolute atomic E-state index is 11.8. The van der Waals surface area contributed by atoms with Gasteiger partial charge in [0, 0.05) is 15.7 Å². The average Bonchev–Trinajstić information content (AvgIpc) is 2.36. The van der Waals surface area contributed by atoms with Gasteiger partial charge in [0.25, 0.3) is 5.91 Å². The molecule has 0 fully saturated rings. The predicted octanol–water partition coefficient (Wildman–Crippen LogP) is 4.66. The Bertz CT molecular complexity index is 611. The van der Waals surface area contributed by atoms with E-state index >= 15 is 0 Å². The van der Waals surface area contributed by atoms with E-state index in [-0.39, 0.29) is 12.5 Å². The molecule has 2 aromatic carbocycles. The minimum Gasteiger partial charge on any atom is -0.482 e. The highest BCUT2D eigenvalue weighted by atomic mass is 35.5. The fourth-order valence-electron chi connectivity index (χ4n) is 1.53. The molecule has 104 valence electrons. The summed E-state index contributed by atoms with van der Waals surface area (Å²) in [5.74, 6) is 0.122. The number of halogens is 3. The quantitative estimate of drug-likeness (QED) is 0.885. The smallest absolute Gasteiger partial charge is 0.262 e. The molecule has 0 heterocycles. The van der Waals surface area contributed by atoms with Gasteiger partial charge in [-0.3, -0.25) is 4.79 Å². The number of nitrogens with one attached hydrogen (secondary N) is 1. The van der Waals surface area contributed by atoms with E-state index in [1.165, 1.54) is 0 Å². The monoisotopic (exact) mass is 329 g/mol. The minimum atomic E-state index is -0.330. The number of rotatable bonds is 4. The van der Waals surface area contributed by atoms with Crippen LogP contribution in [-0.2, 0) is 4.79 Å². The summed E-state index contributed by atoms with van der Waals surface area (Å²) in [5, 5.41) is 3.98. The van der Waals surface area contributed by atoms with Crippen molar-refractivity contribution in [3.8, 4) is 5.75 Å². The summed E-state index contributed by atoms with van der Waals surface area (Å²) in [4.78, 5) is 11.8. The molecular formula is C14H10Cl3NO2. The summed E-state index contributed by atoms with van der Waals surface area (Å²) in [6, 6.07) is 11.7. The largest absolute Gasteiger partial charge is 0.482 e. The molecule has 2 aromatic rings. The number of hydrogen-bond donors (Lipinski definition) is 1. The lowest BCUT2D eigenvalue weighted by Gasteiger charge is -2.09.